The summed E-state index contributed by atoms with van der Waals surface area (Å²) >= 11 is 3.53. The number of aldehydes is 1. The van der Waals surface area contributed by atoms with Crippen molar-refractivity contribution in [2.45, 2.75) is 13.3 Å². The molecule has 0 unspecified atom stereocenters. The minimum Gasteiger partial charge on any atom is -0.303 e. The van der Waals surface area contributed by atoms with Crippen LogP contribution in [0.25, 0.3) is 0 Å². The number of hydrogen-bond donors (Lipinski definition) is 1. The van der Waals surface area contributed by atoms with Gasteiger partial charge < -0.3 is 4.79 Å². The van der Waals surface area contributed by atoms with Crippen LogP contribution in [0.5, 0.6) is 0 Å². The number of hydrogen-bond acceptors (Lipinski definition) is 2. The van der Waals surface area contributed by atoms with E-state index in [1.54, 1.807) is 25.3 Å². The second-order valence-electron chi connectivity index (χ2n) is 2.45. The second-order valence-corrected chi connectivity index (χ2v) is 2.45. The Morgan fingerprint density at radius 3 is 2.54 bits per heavy atom. The number of carbonyl (C=O) groups is 1. The summed E-state index contributed by atoms with van der Waals surface area (Å²) in [7, 11) is 0. The van der Waals surface area contributed by atoms with E-state index < -0.39 is 0 Å². The lowest BCUT2D eigenvalue weighted by atomic mass is 10.1. The fourth-order valence-corrected chi connectivity index (χ4v) is 0.860. The van der Waals surface area contributed by atoms with E-state index >= 15 is 0 Å². The van der Waals surface area contributed by atoms with Gasteiger partial charge in [-0.15, -0.1) is 0 Å². The summed E-state index contributed by atoms with van der Waals surface area (Å²) in [5, 5.41) is 0. The Hall–Kier alpha value is -0.830. The van der Waals surface area contributed by atoms with E-state index in [1.807, 2.05) is 0 Å². The average molecular weight is 200 g/mol. The Balaban J connectivity index is 0.000000671. The van der Waals surface area contributed by atoms with Crippen LogP contribution in [-0.4, -0.2) is 12.5 Å². The highest BCUT2D eigenvalue weighted by atomic mass is 32.1. The van der Waals surface area contributed by atoms with Gasteiger partial charge in [0.25, 0.3) is 0 Å². The first-order chi connectivity index (χ1) is 6.24. The molecule has 0 atom stereocenters. The van der Waals surface area contributed by atoms with E-state index in [0.717, 1.165) is 11.8 Å². The molecule has 0 aliphatic carbocycles. The van der Waals surface area contributed by atoms with Gasteiger partial charge in [0.1, 0.15) is 12.1 Å². The third-order valence-electron chi connectivity index (χ3n) is 1.56. The minimum atomic E-state index is -0.246. The lowest BCUT2D eigenvalue weighted by Crippen LogP contribution is -1.89. The predicted octanol–water partition coefficient (Wildman–Crippen LogP) is 2.42. The molecule has 0 bridgehead atoms. The number of aryl methyl sites for hydroxylation is 1. The quantitative estimate of drug-likeness (QED) is 0.573. The summed E-state index contributed by atoms with van der Waals surface area (Å²) in [6.45, 7) is 1.69. The first-order valence-corrected chi connectivity index (χ1v) is 4.77. The molecule has 0 saturated heterocycles. The molecule has 13 heavy (non-hydrogen) atoms. The van der Waals surface area contributed by atoms with E-state index in [-0.39, 0.29) is 12.2 Å². The fraction of sp³-hybridized carbons (Fsp3) is 0.300. The van der Waals surface area contributed by atoms with Crippen LogP contribution in [0.3, 0.4) is 0 Å². The van der Waals surface area contributed by atoms with Crippen LogP contribution < -0.4 is 0 Å². The Kier molecular flexibility index (Phi) is 6.24. The summed E-state index contributed by atoms with van der Waals surface area (Å²) in [6.07, 6.45) is 2.75. The molecule has 0 fully saturated rings. The Labute approximate surface area is 83.4 Å². The largest absolute Gasteiger partial charge is 0.303 e. The number of carbonyl (C=O) groups excluding carboxylic acids is 1. The van der Waals surface area contributed by atoms with Crippen molar-refractivity contribution < 1.29 is 9.18 Å². The highest BCUT2D eigenvalue weighted by Gasteiger charge is 1.97. The smallest absolute Gasteiger partial charge is 0.126 e. The second kappa shape index (κ2) is 6.66. The van der Waals surface area contributed by atoms with Gasteiger partial charge in [0.05, 0.1) is 0 Å². The van der Waals surface area contributed by atoms with Crippen LogP contribution >= 0.6 is 12.6 Å². The first-order valence-electron chi connectivity index (χ1n) is 3.87. The zero-order chi connectivity index (χ0) is 10.3. The van der Waals surface area contributed by atoms with Crippen LogP contribution in [0.1, 0.15) is 11.1 Å². The normalized spacial score (nSPS) is 8.62. The molecule has 0 heterocycles. The summed E-state index contributed by atoms with van der Waals surface area (Å²) in [6, 6.07) is 4.82. The molecule has 0 saturated carbocycles. The van der Waals surface area contributed by atoms with Crippen molar-refractivity contribution >= 4 is 18.9 Å². The lowest BCUT2D eigenvalue weighted by molar-refractivity contribution is -0.107. The van der Waals surface area contributed by atoms with Crippen molar-refractivity contribution in [1.82, 2.24) is 0 Å². The van der Waals surface area contributed by atoms with Gasteiger partial charge in [0, 0.05) is 6.42 Å². The summed E-state index contributed by atoms with van der Waals surface area (Å²) in [5.74, 6) is -0.246. The SMILES string of the molecule is CS.Cc1ccc(CC=O)cc1F. The number of thiol groups is 1. The summed E-state index contributed by atoms with van der Waals surface area (Å²) < 4.78 is 12.8. The average Bonchev–Trinajstić information content (AvgIpc) is 2.15. The van der Waals surface area contributed by atoms with E-state index in [9.17, 15) is 9.18 Å². The van der Waals surface area contributed by atoms with Crippen LogP contribution in [0, 0.1) is 12.7 Å². The van der Waals surface area contributed by atoms with Crippen LogP contribution in [0.15, 0.2) is 18.2 Å². The maximum Gasteiger partial charge on any atom is 0.126 e. The zero-order valence-electron chi connectivity index (χ0n) is 7.75. The van der Waals surface area contributed by atoms with Gasteiger partial charge in [-0.05, 0) is 30.4 Å². The molecule has 1 rings (SSSR count). The van der Waals surface area contributed by atoms with Crippen molar-refractivity contribution in [3.8, 4) is 0 Å². The highest BCUT2D eigenvalue weighted by Crippen LogP contribution is 2.08. The molecule has 1 aromatic rings. The number of benzene rings is 1. The molecule has 0 radical (unpaired) electrons. The molecule has 1 aromatic carbocycles. The van der Waals surface area contributed by atoms with Gasteiger partial charge in [0.2, 0.25) is 0 Å². The molecule has 0 aromatic heterocycles. The van der Waals surface area contributed by atoms with Crippen molar-refractivity contribution in [1.29, 1.82) is 0 Å². The Bertz CT molecular complexity index is 274. The molecular weight excluding hydrogens is 187 g/mol. The molecular formula is C10H13FOS. The van der Waals surface area contributed by atoms with Gasteiger partial charge in [0.15, 0.2) is 0 Å². The zero-order valence-corrected chi connectivity index (χ0v) is 8.64. The molecule has 0 aliphatic rings. The van der Waals surface area contributed by atoms with Gasteiger partial charge in [-0.1, -0.05) is 12.1 Å². The molecule has 3 heteroatoms. The topological polar surface area (TPSA) is 17.1 Å². The Morgan fingerprint density at radius 1 is 1.46 bits per heavy atom. The van der Waals surface area contributed by atoms with Crippen molar-refractivity contribution in [2.75, 3.05) is 6.26 Å². The van der Waals surface area contributed by atoms with Gasteiger partial charge in [-0.25, -0.2) is 4.39 Å². The standard InChI is InChI=1S/C9H9FO.CH4S/c1-7-2-3-8(4-5-11)6-9(7)10;1-2/h2-3,5-6H,4H2,1H3;2H,1H3. The summed E-state index contributed by atoms with van der Waals surface area (Å²) in [5.41, 5.74) is 1.34. The monoisotopic (exact) mass is 200 g/mol. The third kappa shape index (κ3) is 4.08. The number of rotatable bonds is 2. The van der Waals surface area contributed by atoms with Crippen LogP contribution in [-0.2, 0) is 11.2 Å². The summed E-state index contributed by atoms with van der Waals surface area (Å²) in [4.78, 5) is 10.0. The first kappa shape index (κ1) is 12.2. The van der Waals surface area contributed by atoms with Crippen molar-refractivity contribution in [3.05, 3.63) is 35.1 Å². The van der Waals surface area contributed by atoms with Crippen LogP contribution in [0.4, 0.5) is 4.39 Å². The Morgan fingerprint density at radius 2 is 2.08 bits per heavy atom. The molecule has 0 spiro atoms. The lowest BCUT2D eigenvalue weighted by Gasteiger charge is -1.97. The molecule has 1 nitrogen and oxygen atoms in total. The van der Waals surface area contributed by atoms with E-state index in [1.165, 1.54) is 6.07 Å². The minimum absolute atomic E-state index is 0.246. The predicted molar refractivity (Wildman–Crippen MR) is 55.8 cm³/mol. The van der Waals surface area contributed by atoms with Gasteiger partial charge >= 0.3 is 0 Å². The van der Waals surface area contributed by atoms with E-state index in [4.69, 9.17) is 0 Å². The maximum absolute atomic E-state index is 12.8. The fourth-order valence-electron chi connectivity index (χ4n) is 0.860. The van der Waals surface area contributed by atoms with Crippen molar-refractivity contribution in [2.24, 2.45) is 0 Å². The molecule has 72 valence electrons. The number of halogens is 1. The van der Waals surface area contributed by atoms with Gasteiger partial charge in [-0.3, -0.25) is 0 Å². The van der Waals surface area contributed by atoms with E-state index in [2.05, 4.69) is 12.6 Å². The molecule has 0 N–H and O–H groups in total. The van der Waals surface area contributed by atoms with Crippen molar-refractivity contribution in [3.63, 3.8) is 0 Å². The van der Waals surface area contributed by atoms with Crippen LogP contribution in [0.2, 0.25) is 0 Å². The van der Waals surface area contributed by atoms with Gasteiger partial charge in [-0.2, -0.15) is 12.6 Å². The highest BCUT2D eigenvalue weighted by molar-refractivity contribution is 7.79. The van der Waals surface area contributed by atoms with E-state index in [0.29, 0.717) is 5.56 Å². The molecule has 0 amide bonds. The molecule has 0 aliphatic heterocycles. The maximum atomic E-state index is 12.8. The third-order valence-corrected chi connectivity index (χ3v) is 1.56.